The second kappa shape index (κ2) is 7.37. The summed E-state index contributed by atoms with van der Waals surface area (Å²) in [7, 11) is 0. The third-order valence-electron chi connectivity index (χ3n) is 2.68. The number of imidazole rings is 1. The van der Waals surface area contributed by atoms with Crippen LogP contribution in [0.4, 0.5) is 9.59 Å². The number of hydrogen-bond acceptors (Lipinski definition) is 7. The maximum atomic E-state index is 10.6. The number of carbonyl (C=O) groups is 2. The van der Waals surface area contributed by atoms with Gasteiger partial charge in [-0.2, -0.15) is 5.26 Å². The summed E-state index contributed by atoms with van der Waals surface area (Å²) in [4.78, 5) is 28.2. The maximum Gasteiger partial charge on any atom is 0.506 e. The second-order valence-corrected chi connectivity index (χ2v) is 5.26. The minimum Gasteiger partial charge on any atom is -0.450 e. The van der Waals surface area contributed by atoms with E-state index in [1.807, 2.05) is 6.07 Å². The predicted molar refractivity (Wildman–Crippen MR) is 78.4 cm³/mol. The van der Waals surface area contributed by atoms with E-state index in [1.165, 1.54) is 0 Å². The molecule has 10 heteroatoms. The largest absolute Gasteiger partial charge is 0.506 e. The summed E-state index contributed by atoms with van der Waals surface area (Å²) in [6.45, 7) is -0.418. The number of para-hydroxylation sites is 1. The first-order valence-electron chi connectivity index (χ1n) is 6.26. The Kier molecular flexibility index (Phi) is 5.27. The van der Waals surface area contributed by atoms with Crippen molar-refractivity contribution in [1.29, 1.82) is 5.26 Å². The van der Waals surface area contributed by atoms with E-state index >= 15 is 0 Å². The van der Waals surface area contributed by atoms with Gasteiger partial charge in [-0.15, -0.1) is 0 Å². The number of H-pyrrole nitrogens is 1. The van der Waals surface area contributed by atoms with Crippen LogP contribution in [-0.2, 0) is 9.47 Å². The zero-order valence-electron chi connectivity index (χ0n) is 11.6. The molecule has 23 heavy (non-hydrogen) atoms. The van der Waals surface area contributed by atoms with Gasteiger partial charge in [0.1, 0.15) is 18.8 Å². The molecule has 2 aromatic rings. The van der Waals surface area contributed by atoms with Gasteiger partial charge in [0, 0.05) is 5.75 Å². The van der Waals surface area contributed by atoms with E-state index in [9.17, 15) is 9.59 Å². The molecular formula is C13H11N3O6S. The van der Waals surface area contributed by atoms with Crippen molar-refractivity contribution in [2.24, 2.45) is 0 Å². The van der Waals surface area contributed by atoms with E-state index in [0.717, 1.165) is 11.8 Å². The Bertz CT molecular complexity index is 769. The highest BCUT2D eigenvalue weighted by molar-refractivity contribution is 7.99. The van der Waals surface area contributed by atoms with Crippen molar-refractivity contribution in [2.75, 3.05) is 12.4 Å². The van der Waals surface area contributed by atoms with Crippen molar-refractivity contribution >= 4 is 35.1 Å². The third kappa shape index (κ3) is 4.52. The molecule has 0 radical (unpaired) electrons. The number of nitrogens with zero attached hydrogens (tertiary/aromatic N) is 2. The fourth-order valence-corrected chi connectivity index (χ4v) is 2.61. The van der Waals surface area contributed by atoms with Gasteiger partial charge in [-0.3, -0.25) is 0 Å². The minimum atomic E-state index is -1.53. The molecule has 1 aromatic heterocycles. The quantitative estimate of drug-likeness (QED) is 0.533. The van der Waals surface area contributed by atoms with Crippen LogP contribution in [0, 0.1) is 11.3 Å². The number of nitriles is 1. The molecule has 0 amide bonds. The van der Waals surface area contributed by atoms with E-state index in [0.29, 0.717) is 21.8 Å². The van der Waals surface area contributed by atoms with Crippen LogP contribution in [0.25, 0.3) is 11.0 Å². The highest BCUT2D eigenvalue weighted by Crippen LogP contribution is 2.23. The molecule has 0 aliphatic heterocycles. The Hall–Kier alpha value is -2.93. The lowest BCUT2D eigenvalue weighted by molar-refractivity contribution is 0.0140. The fraction of sp³-hybridized carbons (Fsp3) is 0.231. The Morgan fingerprint density at radius 3 is 2.83 bits per heavy atom. The van der Waals surface area contributed by atoms with Crippen molar-refractivity contribution < 1.29 is 29.3 Å². The first-order chi connectivity index (χ1) is 11.0. The summed E-state index contributed by atoms with van der Waals surface area (Å²) in [6.07, 6.45) is -4.02. The highest BCUT2D eigenvalue weighted by Gasteiger charge is 2.18. The van der Waals surface area contributed by atoms with Crippen LogP contribution in [0.3, 0.4) is 0 Å². The summed E-state index contributed by atoms with van der Waals surface area (Å²) in [5.74, 6) is 0.0985. The van der Waals surface area contributed by atoms with Crippen LogP contribution in [0.1, 0.15) is 5.56 Å². The summed E-state index contributed by atoms with van der Waals surface area (Å²) < 4.78 is 8.88. The number of fused-ring (bicyclic) bond motifs is 1. The third-order valence-corrected chi connectivity index (χ3v) is 3.69. The first-order valence-corrected chi connectivity index (χ1v) is 7.25. The molecule has 1 unspecified atom stereocenters. The Morgan fingerprint density at radius 1 is 1.39 bits per heavy atom. The molecule has 0 fully saturated rings. The van der Waals surface area contributed by atoms with Gasteiger partial charge in [0.2, 0.25) is 0 Å². The lowest BCUT2D eigenvalue weighted by Crippen LogP contribution is -2.26. The first kappa shape index (κ1) is 16.4. The number of aromatic amines is 1. The number of aromatic nitrogens is 2. The van der Waals surface area contributed by atoms with Crippen molar-refractivity contribution in [3.63, 3.8) is 0 Å². The SMILES string of the molecule is N#Cc1cccc2nc(SCC(COC(=O)O)OC(=O)O)[nH]c12. The van der Waals surface area contributed by atoms with Crippen LogP contribution in [-0.4, -0.2) is 51.0 Å². The van der Waals surface area contributed by atoms with Gasteiger partial charge in [-0.05, 0) is 12.1 Å². The molecule has 0 aliphatic rings. The molecule has 0 saturated heterocycles. The standard InChI is InChI=1S/C13H11N3O6S/c14-4-7-2-1-3-9-10(7)16-11(15-9)23-6-8(22-13(19)20)5-21-12(17)18/h1-3,8H,5-6H2,(H,15,16)(H,17,18)(H,19,20). The average Bonchev–Trinajstić information content (AvgIpc) is 2.92. The summed E-state index contributed by atoms with van der Waals surface area (Å²) in [5.41, 5.74) is 1.62. The van der Waals surface area contributed by atoms with Crippen molar-refractivity contribution in [1.82, 2.24) is 9.97 Å². The number of benzene rings is 1. The number of thioether (sulfide) groups is 1. The van der Waals surface area contributed by atoms with Crippen molar-refractivity contribution in [2.45, 2.75) is 11.3 Å². The van der Waals surface area contributed by atoms with Crippen LogP contribution >= 0.6 is 11.8 Å². The fourth-order valence-electron chi connectivity index (χ4n) is 1.77. The number of nitrogens with one attached hydrogen (secondary N) is 1. The van der Waals surface area contributed by atoms with Gasteiger partial charge >= 0.3 is 12.3 Å². The van der Waals surface area contributed by atoms with E-state index in [2.05, 4.69) is 19.4 Å². The van der Waals surface area contributed by atoms with Crippen LogP contribution in [0.2, 0.25) is 0 Å². The van der Waals surface area contributed by atoms with E-state index in [1.54, 1.807) is 18.2 Å². The molecule has 1 atom stereocenters. The van der Waals surface area contributed by atoms with Gasteiger partial charge < -0.3 is 24.7 Å². The number of hydrogen-bond donors (Lipinski definition) is 3. The Morgan fingerprint density at radius 2 is 2.17 bits per heavy atom. The molecule has 1 heterocycles. The lowest BCUT2D eigenvalue weighted by Gasteiger charge is -2.13. The van der Waals surface area contributed by atoms with Crippen molar-refractivity contribution in [3.8, 4) is 6.07 Å². The smallest absolute Gasteiger partial charge is 0.450 e. The molecule has 0 spiro atoms. The summed E-state index contributed by atoms with van der Waals surface area (Å²) >= 11 is 1.13. The molecule has 2 rings (SSSR count). The monoisotopic (exact) mass is 337 g/mol. The average molecular weight is 337 g/mol. The highest BCUT2D eigenvalue weighted by atomic mass is 32.2. The predicted octanol–water partition coefficient (Wildman–Crippen LogP) is 2.28. The zero-order valence-corrected chi connectivity index (χ0v) is 12.4. The topological polar surface area (TPSA) is 146 Å². The maximum absolute atomic E-state index is 10.6. The van der Waals surface area contributed by atoms with Crippen LogP contribution < -0.4 is 0 Å². The lowest BCUT2D eigenvalue weighted by atomic mass is 10.2. The van der Waals surface area contributed by atoms with E-state index in [4.69, 9.17) is 15.5 Å². The molecule has 0 aliphatic carbocycles. The van der Waals surface area contributed by atoms with Gasteiger partial charge in [0.05, 0.1) is 16.6 Å². The molecule has 1 aromatic carbocycles. The Balaban J connectivity index is 2.06. The molecule has 120 valence electrons. The summed E-state index contributed by atoms with van der Waals surface area (Å²) in [5, 5.41) is 26.6. The molecule has 0 saturated carbocycles. The van der Waals surface area contributed by atoms with Gasteiger partial charge in [0.25, 0.3) is 0 Å². The minimum absolute atomic E-state index is 0.0985. The summed E-state index contributed by atoms with van der Waals surface area (Å²) in [6, 6.07) is 7.12. The van der Waals surface area contributed by atoms with E-state index < -0.39 is 25.0 Å². The number of rotatable bonds is 6. The number of ether oxygens (including phenoxy) is 2. The van der Waals surface area contributed by atoms with Crippen molar-refractivity contribution in [3.05, 3.63) is 23.8 Å². The van der Waals surface area contributed by atoms with Crippen LogP contribution in [0.5, 0.6) is 0 Å². The molecular weight excluding hydrogens is 326 g/mol. The zero-order chi connectivity index (χ0) is 16.8. The van der Waals surface area contributed by atoms with E-state index in [-0.39, 0.29) is 5.75 Å². The van der Waals surface area contributed by atoms with Crippen LogP contribution in [0.15, 0.2) is 23.4 Å². The normalized spacial score (nSPS) is 11.6. The Labute approximate surface area is 133 Å². The number of carboxylic acid groups (broad SMARTS) is 2. The second-order valence-electron chi connectivity index (χ2n) is 4.25. The molecule has 0 bridgehead atoms. The van der Waals surface area contributed by atoms with Gasteiger partial charge in [-0.1, -0.05) is 17.8 Å². The van der Waals surface area contributed by atoms with Gasteiger partial charge in [-0.25, -0.2) is 14.6 Å². The molecule has 9 nitrogen and oxygen atoms in total. The molecule has 3 N–H and O–H groups in total. The van der Waals surface area contributed by atoms with Gasteiger partial charge in [0.15, 0.2) is 5.16 Å².